The van der Waals surface area contributed by atoms with Crippen LogP contribution in [0.1, 0.15) is 29.8 Å². The van der Waals surface area contributed by atoms with Crippen LogP contribution < -0.4 is 5.14 Å². The molecule has 0 fully saturated rings. The molecule has 1 aromatic carbocycles. The Balaban J connectivity index is 2.63. The van der Waals surface area contributed by atoms with E-state index >= 15 is 0 Å². The molecule has 0 radical (unpaired) electrons. The summed E-state index contributed by atoms with van der Waals surface area (Å²) in [7, 11) is -3.86. The van der Waals surface area contributed by atoms with Gasteiger partial charge < -0.3 is 9.47 Å². The Morgan fingerprint density at radius 2 is 1.95 bits per heavy atom. The molecule has 0 spiro atoms. The normalized spacial score (nSPS) is 11.7. The molecule has 1 rings (SSSR count). The highest BCUT2D eigenvalue weighted by atomic mass is 32.2. The molecule has 0 aliphatic rings. The third-order valence-electron chi connectivity index (χ3n) is 2.64. The molecule has 0 heterocycles. The number of nitrogens with two attached hydrogens (primary N) is 1. The zero-order chi connectivity index (χ0) is 16.0. The topological polar surface area (TPSA) is 95.7 Å². The summed E-state index contributed by atoms with van der Waals surface area (Å²) in [5.41, 5.74) is 0.628. The van der Waals surface area contributed by atoms with Gasteiger partial charge in [0.2, 0.25) is 10.0 Å². The Morgan fingerprint density at radius 1 is 1.29 bits per heavy atom. The summed E-state index contributed by atoms with van der Waals surface area (Å²) in [4.78, 5) is 11.7. The van der Waals surface area contributed by atoms with E-state index < -0.39 is 16.0 Å². The molecule has 6 nitrogen and oxygen atoms in total. The first kappa shape index (κ1) is 17.6. The maximum atomic E-state index is 11.8. The monoisotopic (exact) mass is 315 g/mol. The quantitative estimate of drug-likeness (QED) is 0.607. The largest absolute Gasteiger partial charge is 0.460 e. The van der Waals surface area contributed by atoms with Crippen LogP contribution in [0, 0.1) is 12.8 Å². The number of sulfonamides is 1. The number of rotatable bonds is 7. The zero-order valence-electron chi connectivity index (χ0n) is 12.5. The van der Waals surface area contributed by atoms with Crippen LogP contribution in [0.2, 0.25) is 0 Å². The van der Waals surface area contributed by atoms with Gasteiger partial charge in [-0.3, -0.25) is 0 Å². The fourth-order valence-corrected chi connectivity index (χ4v) is 2.44. The molecule has 0 amide bonds. The smallest absolute Gasteiger partial charge is 0.338 e. The van der Waals surface area contributed by atoms with Crippen LogP contribution in [0.25, 0.3) is 0 Å². The van der Waals surface area contributed by atoms with Gasteiger partial charge in [0.25, 0.3) is 0 Å². The van der Waals surface area contributed by atoms with Crippen molar-refractivity contribution in [3.8, 4) is 0 Å². The molecule has 0 saturated carbocycles. The van der Waals surface area contributed by atoms with Crippen molar-refractivity contribution < 1.29 is 22.7 Å². The molecule has 0 saturated heterocycles. The van der Waals surface area contributed by atoms with Gasteiger partial charge in [0.15, 0.2) is 0 Å². The summed E-state index contributed by atoms with van der Waals surface area (Å²) in [6.07, 6.45) is 0. The molecular formula is C14H21NO5S. The summed E-state index contributed by atoms with van der Waals surface area (Å²) in [6, 6.07) is 4.24. The van der Waals surface area contributed by atoms with Crippen LogP contribution in [-0.2, 0) is 19.5 Å². The molecule has 7 heteroatoms. The Labute approximate surface area is 125 Å². The highest BCUT2D eigenvalue weighted by Gasteiger charge is 2.15. The minimum absolute atomic E-state index is 0.0759. The Kier molecular flexibility index (Phi) is 6.32. The number of hydrogen-bond acceptors (Lipinski definition) is 5. The molecule has 0 aliphatic heterocycles. The van der Waals surface area contributed by atoms with Crippen molar-refractivity contribution in [1.29, 1.82) is 0 Å². The molecule has 0 unspecified atom stereocenters. The van der Waals surface area contributed by atoms with Crippen molar-refractivity contribution in [2.24, 2.45) is 11.1 Å². The van der Waals surface area contributed by atoms with Gasteiger partial charge in [0.1, 0.15) is 6.61 Å². The van der Waals surface area contributed by atoms with Crippen molar-refractivity contribution in [1.82, 2.24) is 0 Å². The lowest BCUT2D eigenvalue weighted by atomic mass is 10.1. The van der Waals surface area contributed by atoms with Crippen molar-refractivity contribution in [3.05, 3.63) is 29.3 Å². The van der Waals surface area contributed by atoms with E-state index in [1.165, 1.54) is 18.2 Å². The number of esters is 1. The van der Waals surface area contributed by atoms with E-state index in [4.69, 9.17) is 14.6 Å². The highest BCUT2D eigenvalue weighted by Crippen LogP contribution is 2.16. The number of hydrogen-bond donors (Lipinski definition) is 1. The average Bonchev–Trinajstić information content (AvgIpc) is 2.36. The second kappa shape index (κ2) is 7.53. The van der Waals surface area contributed by atoms with E-state index in [0.29, 0.717) is 24.7 Å². The Hall–Kier alpha value is -1.44. The molecule has 0 atom stereocenters. The molecule has 1 aromatic rings. The fraction of sp³-hybridized carbons (Fsp3) is 0.500. The zero-order valence-corrected chi connectivity index (χ0v) is 13.3. The Morgan fingerprint density at radius 3 is 2.52 bits per heavy atom. The van der Waals surface area contributed by atoms with E-state index in [1.807, 2.05) is 13.8 Å². The number of aryl methyl sites for hydroxylation is 1. The third-order valence-corrected chi connectivity index (χ3v) is 3.70. The predicted molar refractivity (Wildman–Crippen MR) is 78.5 cm³/mol. The summed E-state index contributed by atoms with van der Waals surface area (Å²) in [5.74, 6) is -0.192. The molecule has 21 heavy (non-hydrogen) atoms. The van der Waals surface area contributed by atoms with E-state index in [0.717, 1.165) is 0 Å². The number of carbonyl (C=O) groups excluding carboxylic acids is 1. The second-order valence-electron chi connectivity index (χ2n) is 5.13. The van der Waals surface area contributed by atoms with Gasteiger partial charge in [-0.1, -0.05) is 19.9 Å². The number of primary sulfonamides is 1. The first-order chi connectivity index (χ1) is 9.71. The van der Waals surface area contributed by atoms with Gasteiger partial charge in [-0.05, 0) is 30.5 Å². The summed E-state index contributed by atoms with van der Waals surface area (Å²) < 4.78 is 33.1. The van der Waals surface area contributed by atoms with Crippen molar-refractivity contribution >= 4 is 16.0 Å². The predicted octanol–water partition coefficient (Wildman–Crippen LogP) is 1.47. The second-order valence-corrected chi connectivity index (χ2v) is 6.66. The van der Waals surface area contributed by atoms with Crippen molar-refractivity contribution in [2.75, 3.05) is 19.8 Å². The minimum atomic E-state index is -3.86. The maximum absolute atomic E-state index is 11.8. The first-order valence-corrected chi connectivity index (χ1v) is 8.14. The Bertz CT molecular complexity index is 595. The van der Waals surface area contributed by atoms with E-state index in [1.54, 1.807) is 6.92 Å². The molecular weight excluding hydrogens is 294 g/mol. The molecule has 2 N–H and O–H groups in total. The maximum Gasteiger partial charge on any atom is 0.338 e. The number of ether oxygens (including phenoxy) is 2. The van der Waals surface area contributed by atoms with Crippen LogP contribution in [0.5, 0.6) is 0 Å². The summed E-state index contributed by atoms with van der Waals surface area (Å²) in [5, 5.41) is 5.09. The van der Waals surface area contributed by atoms with Crippen molar-refractivity contribution in [2.45, 2.75) is 25.7 Å². The standard InChI is InChI=1S/C14H21NO5S/c1-10(2)9-19-6-7-20-14(16)12-5-4-11(3)13(8-12)21(15,17)18/h4-5,8,10H,6-7,9H2,1-3H3,(H2,15,17,18). The average molecular weight is 315 g/mol. The van der Waals surface area contributed by atoms with Crippen LogP contribution >= 0.6 is 0 Å². The minimum Gasteiger partial charge on any atom is -0.460 e. The molecule has 0 bridgehead atoms. The summed E-state index contributed by atoms with van der Waals surface area (Å²) in [6.45, 7) is 6.66. The van der Waals surface area contributed by atoms with Gasteiger partial charge in [0.05, 0.1) is 17.1 Å². The van der Waals surface area contributed by atoms with E-state index in [9.17, 15) is 13.2 Å². The van der Waals surface area contributed by atoms with Crippen LogP contribution in [0.15, 0.2) is 23.1 Å². The molecule has 0 aromatic heterocycles. The summed E-state index contributed by atoms with van der Waals surface area (Å²) >= 11 is 0. The van der Waals surface area contributed by atoms with Crippen LogP contribution in [0.4, 0.5) is 0 Å². The number of benzene rings is 1. The lowest BCUT2D eigenvalue weighted by Gasteiger charge is -2.09. The lowest BCUT2D eigenvalue weighted by Crippen LogP contribution is -2.16. The van der Waals surface area contributed by atoms with Gasteiger partial charge in [-0.15, -0.1) is 0 Å². The lowest BCUT2D eigenvalue weighted by molar-refractivity contribution is 0.0277. The fourth-order valence-electron chi connectivity index (χ4n) is 1.63. The van der Waals surface area contributed by atoms with Crippen LogP contribution in [-0.4, -0.2) is 34.2 Å². The molecule has 118 valence electrons. The van der Waals surface area contributed by atoms with Crippen molar-refractivity contribution in [3.63, 3.8) is 0 Å². The van der Waals surface area contributed by atoms with E-state index in [-0.39, 0.29) is 17.1 Å². The SMILES string of the molecule is Cc1ccc(C(=O)OCCOCC(C)C)cc1S(N)(=O)=O. The third kappa shape index (κ3) is 5.82. The van der Waals surface area contributed by atoms with Crippen LogP contribution in [0.3, 0.4) is 0 Å². The van der Waals surface area contributed by atoms with Gasteiger partial charge in [-0.2, -0.15) is 0 Å². The highest BCUT2D eigenvalue weighted by molar-refractivity contribution is 7.89. The van der Waals surface area contributed by atoms with Gasteiger partial charge in [0, 0.05) is 6.61 Å². The van der Waals surface area contributed by atoms with Gasteiger partial charge in [-0.25, -0.2) is 18.4 Å². The molecule has 0 aliphatic carbocycles. The van der Waals surface area contributed by atoms with Gasteiger partial charge >= 0.3 is 5.97 Å². The number of carbonyl (C=O) groups is 1. The van der Waals surface area contributed by atoms with E-state index in [2.05, 4.69) is 0 Å². The first-order valence-electron chi connectivity index (χ1n) is 6.60.